The zero-order valence-electron chi connectivity index (χ0n) is 13.2. The predicted molar refractivity (Wildman–Crippen MR) is 89.7 cm³/mol. The average molecular weight is 312 g/mol. The van der Waals surface area contributed by atoms with Gasteiger partial charge in [0, 0.05) is 0 Å². The van der Waals surface area contributed by atoms with Crippen molar-refractivity contribution in [1.29, 1.82) is 0 Å². The summed E-state index contributed by atoms with van der Waals surface area (Å²) in [5, 5.41) is 22.9. The molecule has 1 amide bonds. The van der Waals surface area contributed by atoms with E-state index in [-0.39, 0.29) is 29.7 Å². The summed E-state index contributed by atoms with van der Waals surface area (Å²) in [5.74, 6) is 0.298. The van der Waals surface area contributed by atoms with Crippen LogP contribution < -0.4 is 5.43 Å². The van der Waals surface area contributed by atoms with Gasteiger partial charge < -0.3 is 10.2 Å². The molecule has 0 fully saturated rings. The summed E-state index contributed by atoms with van der Waals surface area (Å²) >= 11 is 0. The number of benzene rings is 2. The lowest BCUT2D eigenvalue weighted by Gasteiger charge is -2.09. The Kier molecular flexibility index (Phi) is 5.36. The van der Waals surface area contributed by atoms with Crippen LogP contribution in [0.15, 0.2) is 47.6 Å². The van der Waals surface area contributed by atoms with Crippen LogP contribution in [-0.2, 0) is 11.2 Å². The first-order valence-electron chi connectivity index (χ1n) is 7.38. The Hall–Kier alpha value is -2.82. The number of carbonyl (C=O) groups is 1. The first-order valence-corrected chi connectivity index (χ1v) is 7.38. The van der Waals surface area contributed by atoms with Crippen molar-refractivity contribution in [3.63, 3.8) is 0 Å². The fourth-order valence-electron chi connectivity index (χ4n) is 2.24. The van der Waals surface area contributed by atoms with Crippen LogP contribution in [0.1, 0.15) is 36.5 Å². The standard InChI is InChI=1S/C18H20N2O3/c1-12(2)17-10-16(22)7-6-14(17)11-19-20-18(23)9-13-4-3-5-15(21)8-13/h3-8,10-12,21-22H,9H2,1-2H3,(H,20,23). The fraction of sp³-hybridized carbons (Fsp3) is 0.222. The minimum atomic E-state index is -0.267. The minimum Gasteiger partial charge on any atom is -0.508 e. The Morgan fingerprint density at radius 2 is 1.91 bits per heavy atom. The molecule has 2 aromatic carbocycles. The zero-order valence-corrected chi connectivity index (χ0v) is 13.2. The highest BCUT2D eigenvalue weighted by Crippen LogP contribution is 2.22. The molecule has 2 aromatic rings. The Morgan fingerprint density at radius 1 is 1.17 bits per heavy atom. The highest BCUT2D eigenvalue weighted by atomic mass is 16.3. The van der Waals surface area contributed by atoms with Crippen LogP contribution in [0.4, 0.5) is 0 Å². The molecule has 0 aliphatic heterocycles. The van der Waals surface area contributed by atoms with Crippen molar-refractivity contribution in [2.75, 3.05) is 0 Å². The molecule has 0 unspecified atom stereocenters. The van der Waals surface area contributed by atoms with Gasteiger partial charge in [0.2, 0.25) is 5.91 Å². The Bertz CT molecular complexity index is 724. The van der Waals surface area contributed by atoms with Crippen molar-refractivity contribution < 1.29 is 15.0 Å². The zero-order chi connectivity index (χ0) is 16.8. The molecule has 5 heteroatoms. The average Bonchev–Trinajstić information content (AvgIpc) is 2.48. The van der Waals surface area contributed by atoms with E-state index in [1.165, 1.54) is 0 Å². The van der Waals surface area contributed by atoms with Gasteiger partial charge in [0.05, 0.1) is 12.6 Å². The van der Waals surface area contributed by atoms with E-state index in [9.17, 15) is 15.0 Å². The number of rotatable bonds is 5. The first kappa shape index (κ1) is 16.5. The molecular formula is C18H20N2O3. The van der Waals surface area contributed by atoms with E-state index in [1.54, 1.807) is 48.7 Å². The molecule has 0 bridgehead atoms. The monoisotopic (exact) mass is 312 g/mol. The number of amides is 1. The van der Waals surface area contributed by atoms with Crippen LogP contribution in [0.3, 0.4) is 0 Å². The minimum absolute atomic E-state index is 0.129. The lowest BCUT2D eigenvalue weighted by Crippen LogP contribution is -2.19. The molecule has 0 aliphatic rings. The molecule has 0 radical (unpaired) electrons. The molecule has 2 rings (SSSR count). The maximum atomic E-state index is 11.8. The second-order valence-electron chi connectivity index (χ2n) is 5.61. The van der Waals surface area contributed by atoms with Gasteiger partial charge >= 0.3 is 0 Å². The highest BCUT2D eigenvalue weighted by molar-refractivity contribution is 5.85. The molecule has 23 heavy (non-hydrogen) atoms. The van der Waals surface area contributed by atoms with Crippen LogP contribution in [0, 0.1) is 0 Å². The molecule has 120 valence electrons. The summed E-state index contributed by atoms with van der Waals surface area (Å²) in [6.07, 6.45) is 1.70. The Labute approximate surface area is 135 Å². The third kappa shape index (κ3) is 4.85. The number of phenols is 2. The number of carbonyl (C=O) groups excluding carboxylic acids is 1. The van der Waals surface area contributed by atoms with Crippen LogP contribution >= 0.6 is 0 Å². The Balaban J connectivity index is 2.00. The number of hydrogen-bond acceptors (Lipinski definition) is 4. The number of nitrogens with zero attached hydrogens (tertiary/aromatic N) is 1. The van der Waals surface area contributed by atoms with Crippen molar-refractivity contribution in [3.05, 3.63) is 59.2 Å². The lowest BCUT2D eigenvalue weighted by molar-refractivity contribution is -0.120. The summed E-state index contributed by atoms with van der Waals surface area (Å²) < 4.78 is 0. The van der Waals surface area contributed by atoms with Crippen molar-refractivity contribution in [3.8, 4) is 11.5 Å². The molecule has 0 aromatic heterocycles. The van der Waals surface area contributed by atoms with E-state index < -0.39 is 0 Å². The van der Waals surface area contributed by atoms with Crippen LogP contribution in [0.2, 0.25) is 0 Å². The van der Waals surface area contributed by atoms with Crippen molar-refractivity contribution in [2.24, 2.45) is 5.10 Å². The van der Waals surface area contributed by atoms with Gasteiger partial charge in [-0.1, -0.05) is 26.0 Å². The molecule has 0 saturated carbocycles. The molecule has 0 aliphatic carbocycles. The molecule has 0 atom stereocenters. The van der Waals surface area contributed by atoms with Crippen molar-refractivity contribution in [1.82, 2.24) is 5.43 Å². The molecular weight excluding hydrogens is 292 g/mol. The molecule has 5 nitrogen and oxygen atoms in total. The second-order valence-corrected chi connectivity index (χ2v) is 5.61. The summed E-state index contributed by atoms with van der Waals surface area (Å²) in [6, 6.07) is 11.6. The maximum absolute atomic E-state index is 11.8. The van der Waals surface area contributed by atoms with Gasteiger partial charge in [-0.25, -0.2) is 5.43 Å². The third-order valence-electron chi connectivity index (χ3n) is 3.36. The SMILES string of the molecule is CC(C)c1cc(O)ccc1C=NNC(=O)Cc1cccc(O)c1. The maximum Gasteiger partial charge on any atom is 0.244 e. The van der Waals surface area contributed by atoms with Gasteiger partial charge in [-0.05, 0) is 52.9 Å². The smallest absolute Gasteiger partial charge is 0.244 e. The van der Waals surface area contributed by atoms with Crippen LogP contribution in [0.5, 0.6) is 11.5 Å². The normalized spacial score (nSPS) is 11.1. The number of nitrogens with one attached hydrogen (secondary N) is 1. The van der Waals surface area contributed by atoms with E-state index in [0.29, 0.717) is 5.56 Å². The quantitative estimate of drug-likeness (QED) is 0.586. The largest absolute Gasteiger partial charge is 0.508 e. The van der Waals surface area contributed by atoms with Crippen molar-refractivity contribution >= 4 is 12.1 Å². The predicted octanol–water partition coefficient (Wildman–Crippen LogP) is 2.91. The van der Waals surface area contributed by atoms with Gasteiger partial charge in [-0.2, -0.15) is 5.10 Å². The van der Waals surface area contributed by atoms with E-state index in [0.717, 1.165) is 11.1 Å². The van der Waals surface area contributed by atoms with Gasteiger partial charge in [0.1, 0.15) is 11.5 Å². The second kappa shape index (κ2) is 7.45. The number of phenolic OH excluding ortho intramolecular Hbond substituents is 2. The van der Waals surface area contributed by atoms with Crippen LogP contribution in [0.25, 0.3) is 0 Å². The van der Waals surface area contributed by atoms with Crippen molar-refractivity contribution in [2.45, 2.75) is 26.2 Å². The molecule has 0 spiro atoms. The number of hydrazone groups is 1. The van der Waals surface area contributed by atoms with Gasteiger partial charge in [0.25, 0.3) is 0 Å². The van der Waals surface area contributed by atoms with E-state index in [1.807, 2.05) is 13.8 Å². The van der Waals surface area contributed by atoms with Gasteiger partial charge in [-0.3, -0.25) is 4.79 Å². The van der Waals surface area contributed by atoms with Gasteiger partial charge in [-0.15, -0.1) is 0 Å². The van der Waals surface area contributed by atoms with Crippen LogP contribution in [-0.4, -0.2) is 22.3 Å². The number of hydrogen-bond donors (Lipinski definition) is 3. The van der Waals surface area contributed by atoms with E-state index in [2.05, 4.69) is 10.5 Å². The molecule has 0 saturated heterocycles. The number of aromatic hydroxyl groups is 2. The summed E-state index contributed by atoms with van der Waals surface area (Å²) in [5.41, 5.74) is 4.98. The summed E-state index contributed by atoms with van der Waals surface area (Å²) in [4.78, 5) is 11.8. The molecule has 3 N–H and O–H groups in total. The molecule has 0 heterocycles. The highest BCUT2D eigenvalue weighted by Gasteiger charge is 2.07. The first-order chi connectivity index (χ1) is 11.0. The summed E-state index contributed by atoms with van der Waals surface area (Å²) in [7, 11) is 0. The van der Waals surface area contributed by atoms with E-state index >= 15 is 0 Å². The topological polar surface area (TPSA) is 81.9 Å². The fourth-order valence-corrected chi connectivity index (χ4v) is 2.24. The Morgan fingerprint density at radius 3 is 2.61 bits per heavy atom. The lowest BCUT2D eigenvalue weighted by atomic mass is 9.97. The van der Waals surface area contributed by atoms with E-state index in [4.69, 9.17) is 0 Å². The summed E-state index contributed by atoms with van der Waals surface area (Å²) in [6.45, 7) is 4.04. The third-order valence-corrected chi connectivity index (χ3v) is 3.36. The van der Waals surface area contributed by atoms with Gasteiger partial charge in [0.15, 0.2) is 0 Å².